The minimum atomic E-state index is -0.389. The van der Waals surface area contributed by atoms with E-state index in [1.165, 1.54) is 6.42 Å². The van der Waals surface area contributed by atoms with Crippen LogP contribution in [0.4, 0.5) is 0 Å². The molecule has 3 heteroatoms. The lowest BCUT2D eigenvalue weighted by atomic mass is 9.79. The molecule has 92 valence electrons. The quantitative estimate of drug-likeness (QED) is 0.815. The van der Waals surface area contributed by atoms with Crippen LogP contribution < -0.4 is 0 Å². The summed E-state index contributed by atoms with van der Waals surface area (Å²) in [5, 5.41) is 10.1. The highest BCUT2D eigenvalue weighted by Gasteiger charge is 2.26. The zero-order chi connectivity index (χ0) is 12.3. The van der Waals surface area contributed by atoms with Crippen LogP contribution >= 0.6 is 0 Å². The van der Waals surface area contributed by atoms with Crippen molar-refractivity contribution < 1.29 is 14.6 Å². The maximum Gasteiger partial charge on any atom is 0.338 e. The average molecular weight is 234 g/mol. The Kier molecular flexibility index (Phi) is 3.79. The highest BCUT2D eigenvalue weighted by molar-refractivity contribution is 5.89. The van der Waals surface area contributed by atoms with E-state index in [0.717, 1.165) is 18.4 Å². The number of ether oxygens (including phenoxy) is 1. The topological polar surface area (TPSA) is 46.5 Å². The van der Waals surface area contributed by atoms with Gasteiger partial charge in [0.1, 0.15) is 0 Å². The number of aliphatic hydroxyl groups is 1. The van der Waals surface area contributed by atoms with Crippen molar-refractivity contribution in [3.8, 4) is 0 Å². The number of hydrogen-bond donors (Lipinski definition) is 1. The molecule has 0 radical (unpaired) electrons. The first-order valence-electron chi connectivity index (χ1n) is 6.17. The highest BCUT2D eigenvalue weighted by Crippen LogP contribution is 2.37. The zero-order valence-electron chi connectivity index (χ0n) is 10.1. The second kappa shape index (κ2) is 5.32. The number of carbonyl (C=O) groups excluding carboxylic acids is 1. The van der Waals surface area contributed by atoms with Gasteiger partial charge < -0.3 is 9.84 Å². The molecule has 1 N–H and O–H groups in total. The van der Waals surface area contributed by atoms with Gasteiger partial charge in [-0.15, -0.1) is 0 Å². The first-order chi connectivity index (χ1) is 8.22. The lowest BCUT2D eigenvalue weighted by Gasteiger charge is -2.30. The van der Waals surface area contributed by atoms with Crippen molar-refractivity contribution in [1.29, 1.82) is 0 Å². The number of esters is 1. The van der Waals surface area contributed by atoms with E-state index in [-0.39, 0.29) is 12.1 Å². The number of aliphatic hydroxyl groups excluding tert-OH is 1. The fourth-order valence-corrected chi connectivity index (χ4v) is 2.06. The van der Waals surface area contributed by atoms with Crippen LogP contribution in [0.15, 0.2) is 24.3 Å². The third kappa shape index (κ3) is 2.67. The van der Waals surface area contributed by atoms with Crippen molar-refractivity contribution in [2.75, 3.05) is 6.61 Å². The summed E-state index contributed by atoms with van der Waals surface area (Å²) in [5.41, 5.74) is 1.43. The zero-order valence-corrected chi connectivity index (χ0v) is 10.1. The second-order valence-electron chi connectivity index (χ2n) is 4.48. The van der Waals surface area contributed by atoms with E-state index in [1.807, 2.05) is 12.1 Å². The Bertz CT molecular complexity index is 379. The molecule has 1 atom stereocenters. The Morgan fingerprint density at radius 1 is 1.41 bits per heavy atom. The molecule has 1 aliphatic rings. The predicted molar refractivity (Wildman–Crippen MR) is 64.7 cm³/mol. The normalized spacial score (nSPS) is 17.3. The molecule has 0 unspecified atom stereocenters. The van der Waals surface area contributed by atoms with Crippen molar-refractivity contribution in [1.82, 2.24) is 0 Å². The fourth-order valence-electron chi connectivity index (χ4n) is 2.06. The smallest absolute Gasteiger partial charge is 0.338 e. The molecule has 3 nitrogen and oxygen atoms in total. The molecule has 1 fully saturated rings. The highest BCUT2D eigenvalue weighted by atomic mass is 16.5. The number of benzene rings is 1. The first kappa shape index (κ1) is 12.1. The van der Waals surface area contributed by atoms with E-state index in [1.54, 1.807) is 19.1 Å². The summed E-state index contributed by atoms with van der Waals surface area (Å²) in [5.74, 6) is 0.0839. The third-order valence-corrected chi connectivity index (χ3v) is 3.36. The molecule has 1 aliphatic carbocycles. The molecule has 0 aromatic heterocycles. The van der Waals surface area contributed by atoms with Gasteiger partial charge in [-0.25, -0.2) is 4.79 Å². The van der Waals surface area contributed by atoms with Crippen LogP contribution in [0.5, 0.6) is 0 Å². The summed E-state index contributed by atoms with van der Waals surface area (Å²) in [7, 11) is 0. The van der Waals surface area contributed by atoms with Crippen molar-refractivity contribution >= 4 is 5.97 Å². The summed E-state index contributed by atoms with van der Waals surface area (Å²) in [6, 6.07) is 7.06. The first-order valence-corrected chi connectivity index (χ1v) is 6.17. The molecule has 17 heavy (non-hydrogen) atoms. The van der Waals surface area contributed by atoms with Crippen molar-refractivity contribution in [3.63, 3.8) is 0 Å². The van der Waals surface area contributed by atoms with Gasteiger partial charge in [0.05, 0.1) is 18.3 Å². The Balaban J connectivity index is 2.04. The minimum absolute atomic E-state index is 0.308. The van der Waals surface area contributed by atoms with Crippen LogP contribution in [0.25, 0.3) is 0 Å². The largest absolute Gasteiger partial charge is 0.462 e. The van der Waals surface area contributed by atoms with Gasteiger partial charge in [0.15, 0.2) is 0 Å². The summed E-state index contributed by atoms with van der Waals surface area (Å²) in [6.07, 6.45) is 3.02. The molecular formula is C14H18O3. The number of carbonyl (C=O) groups is 1. The Morgan fingerprint density at radius 3 is 2.53 bits per heavy atom. The van der Waals surface area contributed by atoms with Crippen LogP contribution in [-0.4, -0.2) is 17.7 Å². The second-order valence-corrected chi connectivity index (χ2v) is 4.48. The van der Waals surface area contributed by atoms with Crippen molar-refractivity contribution in [2.24, 2.45) is 5.92 Å². The monoisotopic (exact) mass is 234 g/mol. The van der Waals surface area contributed by atoms with Gasteiger partial charge in [-0.3, -0.25) is 0 Å². The molecule has 0 spiro atoms. The van der Waals surface area contributed by atoms with Crippen LogP contribution in [-0.2, 0) is 4.74 Å². The van der Waals surface area contributed by atoms with Crippen LogP contribution in [0.1, 0.15) is 48.2 Å². The molecule has 1 saturated carbocycles. The van der Waals surface area contributed by atoms with E-state index in [2.05, 4.69) is 0 Å². The SMILES string of the molecule is CCOC(=O)c1ccc([C@H](O)C2CCC2)cc1. The predicted octanol–water partition coefficient (Wildman–Crippen LogP) is 2.70. The minimum Gasteiger partial charge on any atom is -0.462 e. The number of rotatable bonds is 4. The fraction of sp³-hybridized carbons (Fsp3) is 0.500. The third-order valence-electron chi connectivity index (χ3n) is 3.36. The van der Waals surface area contributed by atoms with E-state index in [0.29, 0.717) is 18.1 Å². The summed E-state index contributed by atoms with van der Waals surface area (Å²) < 4.78 is 4.91. The van der Waals surface area contributed by atoms with Gasteiger partial charge in [-0.2, -0.15) is 0 Å². The summed E-state index contributed by atoms with van der Waals surface area (Å²) in [6.45, 7) is 2.16. The molecule has 0 saturated heterocycles. The van der Waals surface area contributed by atoms with Crippen LogP contribution in [0, 0.1) is 5.92 Å². The van der Waals surface area contributed by atoms with E-state index in [9.17, 15) is 9.90 Å². The molecule has 1 aromatic carbocycles. The summed E-state index contributed by atoms with van der Waals surface area (Å²) >= 11 is 0. The van der Waals surface area contributed by atoms with Crippen molar-refractivity contribution in [2.45, 2.75) is 32.3 Å². The van der Waals surface area contributed by atoms with Crippen LogP contribution in [0.3, 0.4) is 0 Å². The molecule has 1 aromatic rings. The molecule has 0 amide bonds. The maximum atomic E-state index is 11.4. The van der Waals surface area contributed by atoms with Crippen LogP contribution in [0.2, 0.25) is 0 Å². The standard InChI is InChI=1S/C14H18O3/c1-2-17-14(16)12-8-6-11(7-9-12)13(15)10-4-3-5-10/h6-10,13,15H,2-5H2,1H3/t13-/m1/s1. The summed E-state index contributed by atoms with van der Waals surface area (Å²) in [4.78, 5) is 11.4. The van der Waals surface area contributed by atoms with Gasteiger partial charge in [-0.05, 0) is 43.4 Å². The Hall–Kier alpha value is -1.35. The van der Waals surface area contributed by atoms with Crippen molar-refractivity contribution in [3.05, 3.63) is 35.4 Å². The Morgan fingerprint density at radius 2 is 2.06 bits per heavy atom. The van der Waals surface area contributed by atoms with E-state index < -0.39 is 0 Å². The average Bonchev–Trinajstić information content (AvgIpc) is 2.27. The molecule has 2 rings (SSSR count). The lowest BCUT2D eigenvalue weighted by molar-refractivity contribution is 0.0524. The van der Waals surface area contributed by atoms with E-state index in [4.69, 9.17) is 4.74 Å². The molecular weight excluding hydrogens is 216 g/mol. The molecule has 0 aliphatic heterocycles. The molecule has 0 heterocycles. The van der Waals surface area contributed by atoms with Gasteiger partial charge in [0.25, 0.3) is 0 Å². The van der Waals surface area contributed by atoms with Gasteiger partial charge in [0.2, 0.25) is 0 Å². The Labute approximate surface area is 101 Å². The van der Waals surface area contributed by atoms with Gasteiger partial charge in [0, 0.05) is 0 Å². The van der Waals surface area contributed by atoms with Gasteiger partial charge in [-0.1, -0.05) is 18.6 Å². The molecule has 0 bridgehead atoms. The number of hydrogen-bond acceptors (Lipinski definition) is 3. The van der Waals surface area contributed by atoms with Gasteiger partial charge >= 0.3 is 5.97 Å². The van der Waals surface area contributed by atoms with E-state index >= 15 is 0 Å². The maximum absolute atomic E-state index is 11.4. The lowest BCUT2D eigenvalue weighted by Crippen LogP contribution is -2.20.